The summed E-state index contributed by atoms with van der Waals surface area (Å²) in [5.74, 6) is 0.777. The number of rotatable bonds is 7. The van der Waals surface area contributed by atoms with E-state index in [0.717, 1.165) is 45.0 Å². The second kappa shape index (κ2) is 10.2. The molecule has 0 spiro atoms. The van der Waals surface area contributed by atoms with Crippen LogP contribution in [0.3, 0.4) is 0 Å². The lowest BCUT2D eigenvalue weighted by Gasteiger charge is -2.28. The molecule has 34 heavy (non-hydrogen) atoms. The van der Waals surface area contributed by atoms with Gasteiger partial charge in [-0.1, -0.05) is 6.07 Å². The van der Waals surface area contributed by atoms with Crippen LogP contribution < -0.4 is 30.4 Å². The highest BCUT2D eigenvalue weighted by Gasteiger charge is 2.35. The molecule has 2 aliphatic rings. The van der Waals surface area contributed by atoms with Crippen LogP contribution in [0, 0.1) is 18.3 Å². The average molecular weight is 468 g/mol. The molecule has 1 aromatic carbocycles. The molecule has 2 aliphatic heterocycles. The summed E-state index contributed by atoms with van der Waals surface area (Å²) < 4.78 is 23.8. The SMILES string of the molecule is COc1ccc([C@H]2C(C#N)=C(N)Oc3cc(C)n(CCC[NH+]4CCOCC4)c(=O)c32)cc1OC. The van der Waals surface area contributed by atoms with Crippen molar-refractivity contribution in [3.05, 3.63) is 62.9 Å². The number of nitrogens with two attached hydrogens (primary N) is 1. The van der Waals surface area contributed by atoms with E-state index in [-0.39, 0.29) is 17.0 Å². The highest BCUT2D eigenvalue weighted by molar-refractivity contribution is 5.57. The second-order valence-corrected chi connectivity index (χ2v) is 8.53. The maximum atomic E-state index is 13.8. The number of methoxy groups -OCH3 is 2. The first-order chi connectivity index (χ1) is 16.5. The quantitative estimate of drug-likeness (QED) is 0.616. The van der Waals surface area contributed by atoms with E-state index in [1.165, 1.54) is 4.90 Å². The van der Waals surface area contributed by atoms with Gasteiger partial charge in [0.05, 0.1) is 45.5 Å². The summed E-state index contributed by atoms with van der Waals surface area (Å²) in [6.07, 6.45) is 0.861. The van der Waals surface area contributed by atoms with Crippen molar-refractivity contribution < 1.29 is 23.8 Å². The number of quaternary nitrogens is 1. The Kier molecular flexibility index (Phi) is 7.10. The third-order valence-corrected chi connectivity index (χ3v) is 6.54. The van der Waals surface area contributed by atoms with Crippen molar-refractivity contribution in [3.63, 3.8) is 0 Å². The van der Waals surface area contributed by atoms with Crippen LogP contribution in [0.4, 0.5) is 0 Å². The fourth-order valence-electron chi connectivity index (χ4n) is 4.73. The van der Waals surface area contributed by atoms with Crippen molar-refractivity contribution in [3.8, 4) is 23.3 Å². The first-order valence-corrected chi connectivity index (χ1v) is 11.4. The summed E-state index contributed by atoms with van der Waals surface area (Å²) >= 11 is 0. The third kappa shape index (κ3) is 4.47. The Labute approximate surface area is 198 Å². The Bertz CT molecular complexity index is 1190. The standard InChI is InChI=1S/C25H30N4O5/c1-16-13-21-23(25(30)29(16)8-4-7-28-9-11-33-12-10-28)22(18(15-26)24(27)34-21)17-5-6-19(31-2)20(14-17)32-3/h5-6,13-14,22H,4,7-12,27H2,1-3H3/p+1/t22-/m0/s1. The lowest BCUT2D eigenvalue weighted by molar-refractivity contribution is -0.908. The Hall–Kier alpha value is -3.48. The zero-order valence-electron chi connectivity index (χ0n) is 19.8. The second-order valence-electron chi connectivity index (χ2n) is 8.53. The van der Waals surface area contributed by atoms with Gasteiger partial charge in [-0.15, -0.1) is 0 Å². The topological polar surface area (TPSA) is 113 Å². The molecule has 1 aromatic heterocycles. The summed E-state index contributed by atoms with van der Waals surface area (Å²) in [5, 5.41) is 9.90. The minimum atomic E-state index is -0.669. The zero-order chi connectivity index (χ0) is 24.2. The van der Waals surface area contributed by atoms with Gasteiger partial charge in [-0.2, -0.15) is 5.26 Å². The normalized spacial score (nSPS) is 18.1. The lowest BCUT2D eigenvalue weighted by atomic mass is 9.84. The van der Waals surface area contributed by atoms with E-state index in [0.29, 0.717) is 34.9 Å². The van der Waals surface area contributed by atoms with Crippen molar-refractivity contribution in [1.29, 1.82) is 5.26 Å². The molecule has 0 unspecified atom stereocenters. The summed E-state index contributed by atoms with van der Waals surface area (Å²) in [7, 11) is 3.10. The number of allylic oxidation sites excluding steroid dienone is 1. The van der Waals surface area contributed by atoms with Crippen LogP contribution in [0.1, 0.15) is 29.2 Å². The van der Waals surface area contributed by atoms with Gasteiger partial charge < -0.3 is 34.1 Å². The number of aromatic nitrogens is 1. The number of hydrogen-bond acceptors (Lipinski definition) is 7. The van der Waals surface area contributed by atoms with Gasteiger partial charge in [0.2, 0.25) is 5.88 Å². The number of ether oxygens (including phenoxy) is 4. The van der Waals surface area contributed by atoms with E-state index in [4.69, 9.17) is 24.7 Å². The monoisotopic (exact) mass is 467 g/mol. The van der Waals surface area contributed by atoms with Gasteiger partial charge in [-0.05, 0) is 24.6 Å². The Morgan fingerprint density at radius 2 is 1.94 bits per heavy atom. The van der Waals surface area contributed by atoms with Crippen molar-refractivity contribution in [2.45, 2.75) is 25.8 Å². The molecule has 0 amide bonds. The van der Waals surface area contributed by atoms with Gasteiger partial charge in [0.25, 0.3) is 5.56 Å². The molecule has 0 bridgehead atoms. The molecule has 180 valence electrons. The molecule has 1 atom stereocenters. The van der Waals surface area contributed by atoms with Crippen LogP contribution >= 0.6 is 0 Å². The first kappa shape index (κ1) is 23.7. The maximum Gasteiger partial charge on any atom is 0.258 e. The number of fused-ring (bicyclic) bond motifs is 1. The highest BCUT2D eigenvalue weighted by Crippen LogP contribution is 2.42. The molecular weight excluding hydrogens is 436 g/mol. The molecular formula is C25H31N4O5+. The molecule has 9 nitrogen and oxygen atoms in total. The molecule has 2 aromatic rings. The molecule has 9 heteroatoms. The Morgan fingerprint density at radius 1 is 1.21 bits per heavy atom. The van der Waals surface area contributed by atoms with Crippen LogP contribution in [-0.2, 0) is 11.3 Å². The van der Waals surface area contributed by atoms with E-state index < -0.39 is 5.92 Å². The van der Waals surface area contributed by atoms with E-state index in [1.54, 1.807) is 30.9 Å². The first-order valence-electron chi connectivity index (χ1n) is 11.4. The van der Waals surface area contributed by atoms with Gasteiger partial charge in [-0.25, -0.2) is 0 Å². The lowest BCUT2D eigenvalue weighted by Crippen LogP contribution is -3.14. The van der Waals surface area contributed by atoms with E-state index in [9.17, 15) is 10.1 Å². The smallest absolute Gasteiger partial charge is 0.258 e. The zero-order valence-corrected chi connectivity index (χ0v) is 19.8. The molecule has 3 N–H and O–H groups in total. The van der Waals surface area contributed by atoms with E-state index >= 15 is 0 Å². The van der Waals surface area contributed by atoms with Crippen molar-refractivity contribution in [2.24, 2.45) is 5.73 Å². The predicted molar refractivity (Wildman–Crippen MR) is 125 cm³/mol. The predicted octanol–water partition coefficient (Wildman–Crippen LogP) is 0.697. The van der Waals surface area contributed by atoms with Gasteiger partial charge in [0, 0.05) is 24.7 Å². The van der Waals surface area contributed by atoms with Crippen molar-refractivity contribution in [2.75, 3.05) is 47.1 Å². The Morgan fingerprint density at radius 3 is 2.62 bits per heavy atom. The minimum absolute atomic E-state index is 0.00209. The number of benzene rings is 1. The van der Waals surface area contributed by atoms with Crippen LogP contribution in [0.15, 0.2) is 40.5 Å². The number of morpholine rings is 1. The molecule has 0 aliphatic carbocycles. The number of nitrogens with one attached hydrogen (secondary N) is 1. The van der Waals surface area contributed by atoms with Gasteiger partial charge >= 0.3 is 0 Å². The van der Waals surface area contributed by atoms with E-state index in [1.807, 2.05) is 19.1 Å². The summed E-state index contributed by atoms with van der Waals surface area (Å²) in [6, 6.07) is 9.32. The maximum absolute atomic E-state index is 13.8. The van der Waals surface area contributed by atoms with Crippen molar-refractivity contribution >= 4 is 0 Å². The minimum Gasteiger partial charge on any atom is -0.493 e. The fourth-order valence-corrected chi connectivity index (χ4v) is 4.73. The highest BCUT2D eigenvalue weighted by atomic mass is 16.5. The van der Waals surface area contributed by atoms with Crippen molar-refractivity contribution in [1.82, 2.24) is 4.57 Å². The summed E-state index contributed by atoms with van der Waals surface area (Å²) in [4.78, 5) is 15.3. The number of aryl methyl sites for hydroxylation is 1. The van der Waals surface area contributed by atoms with Crippen LogP contribution in [0.25, 0.3) is 0 Å². The molecule has 1 saturated heterocycles. The van der Waals surface area contributed by atoms with Gasteiger partial charge in [0.15, 0.2) is 11.5 Å². The number of nitrogens with zero attached hydrogens (tertiary/aromatic N) is 2. The van der Waals surface area contributed by atoms with Crippen LogP contribution in [0.2, 0.25) is 0 Å². The van der Waals surface area contributed by atoms with Crippen LogP contribution in [0.5, 0.6) is 17.2 Å². The molecule has 4 rings (SSSR count). The largest absolute Gasteiger partial charge is 0.493 e. The average Bonchev–Trinajstić information content (AvgIpc) is 2.85. The number of pyridine rings is 1. The molecule has 1 fully saturated rings. The third-order valence-electron chi connectivity index (χ3n) is 6.54. The van der Waals surface area contributed by atoms with E-state index in [2.05, 4.69) is 6.07 Å². The van der Waals surface area contributed by atoms with Gasteiger partial charge in [-0.3, -0.25) is 4.79 Å². The molecule has 0 radical (unpaired) electrons. The van der Waals surface area contributed by atoms with Crippen LogP contribution in [-0.4, -0.2) is 51.6 Å². The Balaban J connectivity index is 1.73. The molecule has 0 saturated carbocycles. The summed E-state index contributed by atoms with van der Waals surface area (Å²) in [6.45, 7) is 6.98. The molecule has 3 heterocycles. The number of nitriles is 1. The fraction of sp³-hybridized carbons (Fsp3) is 0.440. The van der Waals surface area contributed by atoms with Gasteiger partial charge in [0.1, 0.15) is 30.5 Å². The summed E-state index contributed by atoms with van der Waals surface area (Å²) in [5.41, 5.74) is 8.04. The number of hydrogen-bond donors (Lipinski definition) is 2.